The van der Waals surface area contributed by atoms with Crippen molar-refractivity contribution in [3.05, 3.63) is 35.9 Å². The molecule has 0 N–H and O–H groups in total. The zero-order valence-corrected chi connectivity index (χ0v) is 13.7. The quantitative estimate of drug-likeness (QED) is 0.843. The van der Waals surface area contributed by atoms with E-state index in [1.54, 1.807) is 4.90 Å². The molecule has 1 fully saturated rings. The van der Waals surface area contributed by atoms with Crippen LogP contribution in [0.2, 0.25) is 0 Å². The van der Waals surface area contributed by atoms with Crippen LogP contribution in [0.25, 0.3) is 0 Å². The number of hydrogen-bond donors (Lipinski definition) is 0. The van der Waals surface area contributed by atoms with Gasteiger partial charge in [0.2, 0.25) is 5.91 Å². The number of benzene rings is 1. The summed E-state index contributed by atoms with van der Waals surface area (Å²) in [5, 5.41) is -0.601. The fourth-order valence-corrected chi connectivity index (χ4v) is 4.30. The molecule has 0 spiro atoms. The van der Waals surface area contributed by atoms with Crippen molar-refractivity contribution in [2.45, 2.75) is 32.4 Å². The van der Waals surface area contributed by atoms with Crippen LogP contribution in [0.4, 0.5) is 0 Å². The Hall–Kier alpha value is -1.36. The summed E-state index contributed by atoms with van der Waals surface area (Å²) in [5.74, 6) is 0.0842. The summed E-state index contributed by atoms with van der Waals surface area (Å²) in [7, 11) is -3.18. The lowest BCUT2D eigenvalue weighted by molar-refractivity contribution is -0.133. The molecule has 21 heavy (non-hydrogen) atoms. The third-order valence-electron chi connectivity index (χ3n) is 3.67. The Labute approximate surface area is 127 Å². The van der Waals surface area contributed by atoms with Crippen LogP contribution in [0, 0.1) is 5.41 Å². The molecule has 2 rings (SSSR count). The molecule has 1 aliphatic heterocycles. The Balaban J connectivity index is 2.19. The Kier molecular flexibility index (Phi) is 4.42. The van der Waals surface area contributed by atoms with Gasteiger partial charge in [-0.15, -0.1) is 0 Å². The molecule has 1 unspecified atom stereocenters. The van der Waals surface area contributed by atoms with Crippen molar-refractivity contribution in [3.63, 3.8) is 0 Å². The molecular formula is C16H23NO3S. The second-order valence-electron chi connectivity index (χ2n) is 6.84. The van der Waals surface area contributed by atoms with Gasteiger partial charge in [0.1, 0.15) is 5.25 Å². The second kappa shape index (κ2) is 5.79. The zero-order chi connectivity index (χ0) is 15.7. The van der Waals surface area contributed by atoms with Gasteiger partial charge in [0.05, 0.1) is 5.75 Å². The van der Waals surface area contributed by atoms with Crippen LogP contribution < -0.4 is 0 Å². The van der Waals surface area contributed by atoms with Crippen molar-refractivity contribution in [3.8, 4) is 0 Å². The van der Waals surface area contributed by atoms with E-state index in [-0.39, 0.29) is 23.6 Å². The number of hydrogen-bond acceptors (Lipinski definition) is 3. The van der Waals surface area contributed by atoms with Crippen LogP contribution >= 0.6 is 0 Å². The van der Waals surface area contributed by atoms with Crippen molar-refractivity contribution in [2.24, 2.45) is 5.41 Å². The van der Waals surface area contributed by atoms with Gasteiger partial charge < -0.3 is 4.90 Å². The highest BCUT2D eigenvalue weighted by Gasteiger charge is 2.36. The Morgan fingerprint density at radius 2 is 1.86 bits per heavy atom. The van der Waals surface area contributed by atoms with E-state index < -0.39 is 15.1 Å². The van der Waals surface area contributed by atoms with E-state index in [2.05, 4.69) is 0 Å². The van der Waals surface area contributed by atoms with Gasteiger partial charge >= 0.3 is 0 Å². The van der Waals surface area contributed by atoms with Crippen LogP contribution in [0.1, 0.15) is 38.0 Å². The lowest BCUT2D eigenvalue weighted by atomic mass is 9.91. The highest BCUT2D eigenvalue weighted by atomic mass is 32.2. The topological polar surface area (TPSA) is 54.5 Å². The summed E-state index contributed by atoms with van der Waals surface area (Å²) >= 11 is 0. The first-order valence-electron chi connectivity index (χ1n) is 7.23. The molecule has 0 aromatic heterocycles. The molecule has 1 atom stereocenters. The number of rotatable bonds is 2. The first-order valence-corrected chi connectivity index (χ1v) is 8.95. The molecule has 0 bridgehead atoms. The molecule has 0 radical (unpaired) electrons. The van der Waals surface area contributed by atoms with E-state index in [9.17, 15) is 13.2 Å². The number of carbonyl (C=O) groups excluding carboxylic acids is 1. The van der Waals surface area contributed by atoms with Crippen LogP contribution in [0.5, 0.6) is 0 Å². The molecule has 116 valence electrons. The maximum atomic E-state index is 12.3. The molecular weight excluding hydrogens is 286 g/mol. The van der Waals surface area contributed by atoms with Gasteiger partial charge in [-0.3, -0.25) is 4.79 Å². The van der Waals surface area contributed by atoms with Gasteiger partial charge in [0.25, 0.3) is 0 Å². The summed E-state index contributed by atoms with van der Waals surface area (Å²) in [6.45, 7) is 6.61. The number of nitrogens with zero attached hydrogens (tertiary/aromatic N) is 1. The van der Waals surface area contributed by atoms with Crippen LogP contribution in [-0.2, 0) is 14.6 Å². The van der Waals surface area contributed by atoms with E-state index >= 15 is 0 Å². The second-order valence-corrected chi connectivity index (χ2v) is 9.15. The minimum Gasteiger partial charge on any atom is -0.340 e. The van der Waals surface area contributed by atoms with Gasteiger partial charge in [0.15, 0.2) is 9.84 Å². The SMILES string of the molecule is CC(C)(C)CC(=O)N1CCS(=O)(=O)C(c2ccccc2)C1. The van der Waals surface area contributed by atoms with Crippen molar-refractivity contribution >= 4 is 15.7 Å². The summed E-state index contributed by atoms with van der Waals surface area (Å²) < 4.78 is 24.6. The predicted molar refractivity (Wildman–Crippen MR) is 83.6 cm³/mol. The summed E-state index contributed by atoms with van der Waals surface area (Å²) in [4.78, 5) is 14.0. The van der Waals surface area contributed by atoms with E-state index in [0.717, 1.165) is 5.56 Å². The van der Waals surface area contributed by atoms with Crippen LogP contribution in [0.3, 0.4) is 0 Å². The molecule has 1 saturated heterocycles. The highest BCUT2D eigenvalue weighted by molar-refractivity contribution is 7.91. The number of carbonyl (C=O) groups is 1. The largest absolute Gasteiger partial charge is 0.340 e. The lowest BCUT2D eigenvalue weighted by Gasteiger charge is -2.34. The molecule has 5 heteroatoms. The maximum Gasteiger partial charge on any atom is 0.223 e. The number of sulfone groups is 1. The monoisotopic (exact) mass is 309 g/mol. The average molecular weight is 309 g/mol. The molecule has 0 saturated carbocycles. The third kappa shape index (κ3) is 4.06. The molecule has 1 aromatic rings. The first-order chi connectivity index (χ1) is 9.69. The minimum absolute atomic E-state index is 0.0401. The van der Waals surface area contributed by atoms with Gasteiger partial charge in [-0.2, -0.15) is 0 Å². The van der Waals surface area contributed by atoms with Crippen molar-refractivity contribution < 1.29 is 13.2 Å². The highest BCUT2D eigenvalue weighted by Crippen LogP contribution is 2.29. The lowest BCUT2D eigenvalue weighted by Crippen LogP contribution is -2.46. The standard InChI is InChI=1S/C16H23NO3S/c1-16(2,3)11-15(18)17-9-10-21(19,20)14(12-17)13-7-5-4-6-8-13/h4-8,14H,9-12H2,1-3H3. The van der Waals surface area contributed by atoms with Gasteiger partial charge in [-0.25, -0.2) is 8.42 Å². The molecule has 0 aliphatic carbocycles. The summed E-state index contributed by atoms with van der Waals surface area (Å²) in [6, 6.07) is 9.17. The maximum absolute atomic E-state index is 12.3. The summed E-state index contributed by atoms with van der Waals surface area (Å²) in [6.07, 6.45) is 0.439. The van der Waals surface area contributed by atoms with Crippen molar-refractivity contribution in [1.82, 2.24) is 4.90 Å². The first kappa shape index (κ1) is 16.0. The molecule has 1 amide bonds. The molecule has 1 aromatic carbocycles. The van der Waals surface area contributed by atoms with Crippen molar-refractivity contribution in [2.75, 3.05) is 18.8 Å². The molecule has 1 aliphatic rings. The van der Waals surface area contributed by atoms with Crippen LogP contribution in [0.15, 0.2) is 30.3 Å². The normalized spacial score (nSPS) is 22.0. The Morgan fingerprint density at radius 3 is 2.43 bits per heavy atom. The fourth-order valence-electron chi connectivity index (χ4n) is 2.56. The fraction of sp³-hybridized carbons (Fsp3) is 0.562. The predicted octanol–water partition coefficient (Wildman–Crippen LogP) is 2.42. The van der Waals surface area contributed by atoms with E-state index in [0.29, 0.717) is 13.0 Å². The van der Waals surface area contributed by atoms with E-state index in [1.165, 1.54) is 0 Å². The van der Waals surface area contributed by atoms with E-state index in [4.69, 9.17) is 0 Å². The van der Waals surface area contributed by atoms with Gasteiger partial charge in [0, 0.05) is 19.5 Å². The zero-order valence-electron chi connectivity index (χ0n) is 12.9. The van der Waals surface area contributed by atoms with Gasteiger partial charge in [-0.05, 0) is 11.0 Å². The Bertz CT molecular complexity index is 602. The number of amides is 1. The van der Waals surface area contributed by atoms with E-state index in [1.807, 2.05) is 51.1 Å². The average Bonchev–Trinajstić information content (AvgIpc) is 2.37. The smallest absolute Gasteiger partial charge is 0.223 e. The molecule has 1 heterocycles. The van der Waals surface area contributed by atoms with Crippen molar-refractivity contribution in [1.29, 1.82) is 0 Å². The van der Waals surface area contributed by atoms with Gasteiger partial charge in [-0.1, -0.05) is 51.1 Å². The third-order valence-corrected chi connectivity index (χ3v) is 5.71. The molecule has 4 nitrogen and oxygen atoms in total. The van der Waals surface area contributed by atoms with Crippen LogP contribution in [-0.4, -0.2) is 38.1 Å². The Morgan fingerprint density at radius 1 is 1.24 bits per heavy atom. The summed E-state index contributed by atoms with van der Waals surface area (Å²) in [5.41, 5.74) is 0.682. The minimum atomic E-state index is -3.18.